The minimum absolute atomic E-state index is 0.0329. The van der Waals surface area contributed by atoms with Crippen LogP contribution in [0.1, 0.15) is 40.7 Å². The Hall–Kier alpha value is -2.75. The summed E-state index contributed by atoms with van der Waals surface area (Å²) in [6, 6.07) is 9.94. The molecule has 0 bridgehead atoms. The van der Waals surface area contributed by atoms with Crippen molar-refractivity contribution >= 4 is 11.0 Å². The molecule has 132 valence electrons. The summed E-state index contributed by atoms with van der Waals surface area (Å²) in [5, 5.41) is 0.826. The van der Waals surface area contributed by atoms with Crippen molar-refractivity contribution in [2.45, 2.75) is 39.2 Å². The summed E-state index contributed by atoms with van der Waals surface area (Å²) in [6.45, 7) is 8.59. The van der Waals surface area contributed by atoms with Crippen molar-refractivity contribution < 1.29 is 13.9 Å². The van der Waals surface area contributed by atoms with E-state index in [1.54, 1.807) is 0 Å². The van der Waals surface area contributed by atoms with E-state index in [1.165, 1.54) is 5.56 Å². The predicted molar refractivity (Wildman–Crippen MR) is 99.4 cm³/mol. The molecule has 0 saturated heterocycles. The number of hydrogen-bond donors (Lipinski definition) is 0. The molecule has 0 spiro atoms. The molecule has 0 aliphatic carbocycles. The molecule has 2 aliphatic rings. The van der Waals surface area contributed by atoms with Gasteiger partial charge in [-0.25, -0.2) is 4.79 Å². The summed E-state index contributed by atoms with van der Waals surface area (Å²) in [7, 11) is 0. The van der Waals surface area contributed by atoms with Crippen molar-refractivity contribution in [2.75, 3.05) is 6.61 Å². The Labute approximate surface area is 151 Å². The van der Waals surface area contributed by atoms with E-state index in [0.717, 1.165) is 27.8 Å². The van der Waals surface area contributed by atoms with E-state index in [9.17, 15) is 4.79 Å². The van der Waals surface area contributed by atoms with Crippen LogP contribution in [0.2, 0.25) is 0 Å². The van der Waals surface area contributed by atoms with Crippen LogP contribution < -0.4 is 15.1 Å². The molecule has 5 rings (SSSR count). The summed E-state index contributed by atoms with van der Waals surface area (Å²) in [5.74, 6) is 1.44. The second-order valence-corrected chi connectivity index (χ2v) is 7.59. The molecule has 3 aromatic rings. The van der Waals surface area contributed by atoms with Crippen LogP contribution in [0.3, 0.4) is 0 Å². The van der Waals surface area contributed by atoms with Gasteiger partial charge in [-0.15, -0.1) is 0 Å². The van der Waals surface area contributed by atoms with Crippen LogP contribution in [-0.4, -0.2) is 6.61 Å². The van der Waals surface area contributed by atoms with Crippen LogP contribution >= 0.6 is 0 Å². The number of rotatable bonds is 0. The Morgan fingerprint density at radius 1 is 1.08 bits per heavy atom. The average Bonchev–Trinajstić information content (AvgIpc) is 2.91. The lowest BCUT2D eigenvalue weighted by molar-refractivity contribution is 0.0399. The first-order valence-corrected chi connectivity index (χ1v) is 8.90. The van der Waals surface area contributed by atoms with Crippen LogP contribution in [0, 0.1) is 20.8 Å². The third-order valence-corrected chi connectivity index (χ3v) is 5.97. The summed E-state index contributed by atoms with van der Waals surface area (Å²) in [6.07, 6.45) is 0. The fourth-order valence-corrected chi connectivity index (χ4v) is 4.31. The van der Waals surface area contributed by atoms with Gasteiger partial charge in [0.2, 0.25) is 0 Å². The molecule has 0 N–H and O–H groups in total. The van der Waals surface area contributed by atoms with Crippen LogP contribution in [0.5, 0.6) is 11.5 Å². The van der Waals surface area contributed by atoms with Crippen molar-refractivity contribution in [1.29, 1.82) is 0 Å². The van der Waals surface area contributed by atoms with Crippen molar-refractivity contribution in [1.82, 2.24) is 0 Å². The number of ether oxygens (including phenoxy) is 2. The number of benzene rings is 2. The van der Waals surface area contributed by atoms with Crippen LogP contribution in [0.25, 0.3) is 11.0 Å². The van der Waals surface area contributed by atoms with E-state index in [1.807, 2.05) is 32.0 Å². The summed E-state index contributed by atoms with van der Waals surface area (Å²) in [5.41, 5.74) is 4.34. The van der Waals surface area contributed by atoms with E-state index in [2.05, 4.69) is 26.0 Å². The third kappa shape index (κ3) is 1.82. The highest BCUT2D eigenvalue weighted by Crippen LogP contribution is 2.56. The fourth-order valence-electron chi connectivity index (χ4n) is 4.31. The third-order valence-electron chi connectivity index (χ3n) is 5.97. The van der Waals surface area contributed by atoms with Gasteiger partial charge in [-0.1, -0.05) is 23.8 Å². The van der Waals surface area contributed by atoms with Crippen molar-refractivity contribution in [3.05, 3.63) is 68.6 Å². The molecule has 0 saturated carbocycles. The maximum absolute atomic E-state index is 12.9. The normalized spacial score (nSPS) is 23.0. The molecule has 2 aromatic carbocycles. The Kier molecular flexibility index (Phi) is 2.93. The largest absolute Gasteiger partial charge is 0.491 e. The molecule has 4 nitrogen and oxygen atoms in total. The Morgan fingerprint density at radius 2 is 1.88 bits per heavy atom. The molecular formula is C22H20O4. The van der Waals surface area contributed by atoms with Crippen molar-refractivity contribution in [2.24, 2.45) is 0 Å². The zero-order chi connectivity index (χ0) is 18.2. The average molecular weight is 348 g/mol. The van der Waals surface area contributed by atoms with E-state index in [4.69, 9.17) is 13.9 Å². The standard InChI is InChI=1S/C22H20O4/c1-11-5-8-17-15(9-11)20-18(21(23)25-17)22(4)16(10-24-20)14-7-6-12(2)13(3)19(14)26-22/h5-9,16H,10H2,1-4H3/t16-,22+/m1/s1. The van der Waals surface area contributed by atoms with Gasteiger partial charge in [0.1, 0.15) is 22.6 Å². The quantitative estimate of drug-likeness (QED) is 0.561. The summed E-state index contributed by atoms with van der Waals surface area (Å²) in [4.78, 5) is 12.9. The zero-order valence-electron chi connectivity index (χ0n) is 15.3. The smallest absolute Gasteiger partial charge is 0.347 e. The molecular weight excluding hydrogens is 328 g/mol. The first-order chi connectivity index (χ1) is 12.4. The lowest BCUT2D eigenvalue weighted by Crippen LogP contribution is -2.42. The first kappa shape index (κ1) is 15.5. The monoisotopic (exact) mass is 348 g/mol. The SMILES string of the molecule is Cc1ccc2oc(=O)c3c(c2c1)OC[C@@H]1c2ccc(C)c(C)c2O[C@]31C. The molecule has 3 heterocycles. The number of aryl methyl sites for hydroxylation is 2. The van der Waals surface area contributed by atoms with Crippen LogP contribution in [-0.2, 0) is 5.60 Å². The van der Waals surface area contributed by atoms with Gasteiger partial charge in [-0.2, -0.15) is 0 Å². The van der Waals surface area contributed by atoms with Crippen molar-refractivity contribution in [3.8, 4) is 11.5 Å². The van der Waals surface area contributed by atoms with Crippen molar-refractivity contribution in [3.63, 3.8) is 0 Å². The fraction of sp³-hybridized carbons (Fsp3) is 0.318. The molecule has 26 heavy (non-hydrogen) atoms. The molecule has 2 aliphatic heterocycles. The highest BCUT2D eigenvalue weighted by atomic mass is 16.5. The highest BCUT2D eigenvalue weighted by Gasteiger charge is 2.53. The van der Waals surface area contributed by atoms with Gasteiger partial charge in [-0.05, 0) is 51.0 Å². The minimum atomic E-state index is -0.785. The van der Waals surface area contributed by atoms with Gasteiger partial charge in [0.25, 0.3) is 0 Å². The van der Waals surface area contributed by atoms with Gasteiger partial charge in [0, 0.05) is 5.56 Å². The topological polar surface area (TPSA) is 48.7 Å². The molecule has 0 radical (unpaired) electrons. The van der Waals surface area contributed by atoms with Gasteiger partial charge in [0.15, 0.2) is 5.60 Å². The Morgan fingerprint density at radius 3 is 2.69 bits per heavy atom. The lowest BCUT2D eigenvalue weighted by Gasteiger charge is -2.36. The molecule has 0 unspecified atom stereocenters. The highest BCUT2D eigenvalue weighted by molar-refractivity contribution is 5.86. The Balaban J connectivity index is 1.81. The van der Waals surface area contributed by atoms with E-state index in [-0.39, 0.29) is 11.5 Å². The predicted octanol–water partition coefficient (Wildman–Crippen LogP) is 4.50. The van der Waals surface area contributed by atoms with Gasteiger partial charge in [0.05, 0.1) is 17.9 Å². The maximum Gasteiger partial charge on any atom is 0.347 e. The Bertz CT molecular complexity index is 1140. The molecule has 4 heteroatoms. The number of fused-ring (bicyclic) bond motifs is 7. The van der Waals surface area contributed by atoms with Crippen LogP contribution in [0.4, 0.5) is 0 Å². The van der Waals surface area contributed by atoms with Gasteiger partial charge in [-0.3, -0.25) is 0 Å². The maximum atomic E-state index is 12.9. The summed E-state index contributed by atoms with van der Waals surface area (Å²) >= 11 is 0. The van der Waals surface area contributed by atoms with E-state index < -0.39 is 5.60 Å². The second kappa shape index (κ2) is 4.91. The molecule has 0 amide bonds. The molecule has 0 fully saturated rings. The first-order valence-electron chi connectivity index (χ1n) is 8.90. The van der Waals surface area contributed by atoms with Gasteiger partial charge >= 0.3 is 5.63 Å². The summed E-state index contributed by atoms with van der Waals surface area (Å²) < 4.78 is 18.2. The van der Waals surface area contributed by atoms with Gasteiger partial charge < -0.3 is 13.9 Å². The van der Waals surface area contributed by atoms with E-state index >= 15 is 0 Å². The minimum Gasteiger partial charge on any atom is -0.491 e. The molecule has 2 atom stereocenters. The zero-order valence-corrected chi connectivity index (χ0v) is 15.3. The number of hydrogen-bond acceptors (Lipinski definition) is 4. The van der Waals surface area contributed by atoms with Crippen LogP contribution in [0.15, 0.2) is 39.5 Å². The lowest BCUT2D eigenvalue weighted by atomic mass is 9.79. The molecule has 1 aromatic heterocycles. The second-order valence-electron chi connectivity index (χ2n) is 7.59. The van der Waals surface area contributed by atoms with E-state index in [0.29, 0.717) is 23.5 Å².